The minimum absolute atomic E-state index is 0.329. The van der Waals surface area contributed by atoms with Crippen LogP contribution in [0, 0.1) is 5.82 Å². The van der Waals surface area contributed by atoms with Gasteiger partial charge in [0.1, 0.15) is 17.1 Å². The molecule has 1 heterocycles. The van der Waals surface area contributed by atoms with Gasteiger partial charge in [0, 0.05) is 18.1 Å². The van der Waals surface area contributed by atoms with Gasteiger partial charge in [-0.1, -0.05) is 0 Å². The topological polar surface area (TPSA) is 38.7 Å². The average Bonchev–Trinajstić information content (AvgIpc) is 2.69. The Morgan fingerprint density at radius 1 is 1.41 bits per heavy atom. The molecule has 1 fully saturated rings. The van der Waals surface area contributed by atoms with Gasteiger partial charge < -0.3 is 4.74 Å². The van der Waals surface area contributed by atoms with Crippen LogP contribution in [0.1, 0.15) is 30.4 Å². The van der Waals surface area contributed by atoms with Gasteiger partial charge in [0.2, 0.25) is 6.08 Å². The second-order valence-corrected chi connectivity index (χ2v) is 4.63. The minimum atomic E-state index is -0.663. The maximum absolute atomic E-state index is 14.0. The fraction of sp³-hybridized carbons (Fsp3) is 0.462. The van der Waals surface area contributed by atoms with Crippen LogP contribution in [0.5, 0.6) is 5.75 Å². The number of nitrogens with zero attached hydrogens (tertiary/aromatic N) is 1. The number of isocyanates is 1. The lowest BCUT2D eigenvalue weighted by molar-refractivity contribution is 0.247. The molecule has 4 heteroatoms. The first-order valence-electron chi connectivity index (χ1n) is 5.80. The SMILES string of the molecule is O=C=NC1(c2cc3c(cc2F)OCC3)CCC1. The molecule has 3 nitrogen and oxygen atoms in total. The number of aliphatic imine (C=N–C) groups is 1. The van der Waals surface area contributed by atoms with Crippen LogP contribution >= 0.6 is 0 Å². The Morgan fingerprint density at radius 3 is 2.88 bits per heavy atom. The molecule has 0 N–H and O–H groups in total. The van der Waals surface area contributed by atoms with E-state index in [2.05, 4.69) is 4.99 Å². The first kappa shape index (κ1) is 10.5. The van der Waals surface area contributed by atoms with Gasteiger partial charge in [-0.2, -0.15) is 4.99 Å². The monoisotopic (exact) mass is 233 g/mol. The zero-order valence-corrected chi connectivity index (χ0v) is 9.33. The Labute approximate surface area is 98.3 Å². The summed E-state index contributed by atoms with van der Waals surface area (Å²) in [5, 5.41) is 0. The summed E-state index contributed by atoms with van der Waals surface area (Å²) in [6.07, 6.45) is 4.79. The Balaban J connectivity index is 2.11. The van der Waals surface area contributed by atoms with E-state index in [0.717, 1.165) is 31.2 Å². The zero-order chi connectivity index (χ0) is 11.9. The van der Waals surface area contributed by atoms with Crippen LogP contribution in [0.4, 0.5) is 4.39 Å². The summed E-state index contributed by atoms with van der Waals surface area (Å²) in [5.74, 6) is 0.292. The van der Waals surface area contributed by atoms with Crippen molar-refractivity contribution in [2.45, 2.75) is 31.2 Å². The molecule has 1 aliphatic heterocycles. The minimum Gasteiger partial charge on any atom is -0.493 e. The van der Waals surface area contributed by atoms with Gasteiger partial charge in [-0.25, -0.2) is 9.18 Å². The van der Waals surface area contributed by atoms with Crippen molar-refractivity contribution in [3.8, 4) is 5.75 Å². The van der Waals surface area contributed by atoms with E-state index in [-0.39, 0.29) is 5.82 Å². The standard InChI is InChI=1S/C13H12FNO2/c14-11-7-12-9(2-5-17-12)6-10(11)13(15-8-16)3-1-4-13/h6-7H,1-5H2. The van der Waals surface area contributed by atoms with Gasteiger partial charge in [0.15, 0.2) is 0 Å². The highest BCUT2D eigenvalue weighted by Gasteiger charge is 2.41. The molecule has 1 aromatic rings. The Bertz CT molecular complexity index is 516. The number of rotatable bonds is 2. The van der Waals surface area contributed by atoms with Gasteiger partial charge in [0.05, 0.1) is 6.61 Å². The molecule has 0 saturated heterocycles. The predicted octanol–water partition coefficient (Wildman–Crippen LogP) is 2.48. The Hall–Kier alpha value is -1.67. The molecule has 0 aromatic heterocycles. The van der Waals surface area contributed by atoms with Gasteiger partial charge in [0.25, 0.3) is 0 Å². The maximum Gasteiger partial charge on any atom is 0.235 e. The first-order valence-corrected chi connectivity index (χ1v) is 5.80. The molecule has 0 radical (unpaired) electrons. The summed E-state index contributed by atoms with van der Waals surface area (Å²) < 4.78 is 19.3. The Kier molecular flexibility index (Phi) is 2.26. The highest BCUT2D eigenvalue weighted by molar-refractivity contribution is 5.46. The van der Waals surface area contributed by atoms with Gasteiger partial charge >= 0.3 is 0 Å². The fourth-order valence-electron chi connectivity index (χ4n) is 2.60. The molecule has 1 aliphatic carbocycles. The highest BCUT2D eigenvalue weighted by atomic mass is 19.1. The second kappa shape index (κ2) is 3.67. The number of benzene rings is 1. The number of hydrogen-bond acceptors (Lipinski definition) is 3. The molecular weight excluding hydrogens is 221 g/mol. The predicted molar refractivity (Wildman–Crippen MR) is 59.2 cm³/mol. The molecule has 0 atom stereocenters. The van der Waals surface area contributed by atoms with E-state index in [1.165, 1.54) is 6.07 Å². The normalized spacial score (nSPS) is 19.8. The number of fused-ring (bicyclic) bond motifs is 1. The van der Waals surface area contributed by atoms with E-state index in [4.69, 9.17) is 4.74 Å². The van der Waals surface area contributed by atoms with Crippen molar-refractivity contribution in [3.05, 3.63) is 29.1 Å². The molecule has 2 aliphatic rings. The van der Waals surface area contributed by atoms with Crippen molar-refractivity contribution < 1.29 is 13.9 Å². The van der Waals surface area contributed by atoms with Gasteiger partial charge in [-0.15, -0.1) is 0 Å². The molecule has 0 amide bonds. The summed E-state index contributed by atoms with van der Waals surface area (Å²) >= 11 is 0. The third-order valence-corrected chi connectivity index (χ3v) is 3.72. The number of carbonyl (C=O) groups excluding carboxylic acids is 1. The van der Waals surface area contributed by atoms with E-state index in [1.807, 2.05) is 0 Å². The van der Waals surface area contributed by atoms with Crippen molar-refractivity contribution in [1.29, 1.82) is 0 Å². The van der Waals surface area contributed by atoms with E-state index in [1.54, 1.807) is 12.1 Å². The summed E-state index contributed by atoms with van der Waals surface area (Å²) in [7, 11) is 0. The molecule has 17 heavy (non-hydrogen) atoms. The number of hydrogen-bond donors (Lipinski definition) is 0. The quantitative estimate of drug-likeness (QED) is 0.581. The second-order valence-electron chi connectivity index (χ2n) is 4.63. The molecule has 88 valence electrons. The van der Waals surface area contributed by atoms with Crippen LogP contribution in [0.15, 0.2) is 17.1 Å². The van der Waals surface area contributed by atoms with E-state index in [0.29, 0.717) is 17.9 Å². The van der Waals surface area contributed by atoms with Crippen LogP contribution in [-0.2, 0) is 16.8 Å². The Morgan fingerprint density at radius 2 is 2.24 bits per heavy atom. The lowest BCUT2D eigenvalue weighted by Crippen LogP contribution is -2.33. The van der Waals surface area contributed by atoms with E-state index < -0.39 is 5.54 Å². The van der Waals surface area contributed by atoms with Crippen molar-refractivity contribution >= 4 is 6.08 Å². The summed E-state index contributed by atoms with van der Waals surface area (Å²) in [5.41, 5.74) is 0.869. The zero-order valence-electron chi connectivity index (χ0n) is 9.33. The molecular formula is C13H12FNO2. The molecule has 1 aromatic carbocycles. The molecule has 0 bridgehead atoms. The molecule has 3 rings (SSSR count). The lowest BCUT2D eigenvalue weighted by atomic mass is 9.72. The average molecular weight is 233 g/mol. The lowest BCUT2D eigenvalue weighted by Gasteiger charge is -2.37. The number of halogens is 1. The largest absolute Gasteiger partial charge is 0.493 e. The molecule has 1 saturated carbocycles. The summed E-state index contributed by atoms with van der Waals surface area (Å²) in [6.45, 7) is 0.599. The molecule has 0 unspecified atom stereocenters. The summed E-state index contributed by atoms with van der Waals surface area (Å²) in [4.78, 5) is 14.3. The van der Waals surface area contributed by atoms with Crippen LogP contribution in [-0.4, -0.2) is 12.7 Å². The first-order chi connectivity index (χ1) is 8.25. The van der Waals surface area contributed by atoms with Crippen LogP contribution in [0.25, 0.3) is 0 Å². The van der Waals surface area contributed by atoms with Crippen molar-refractivity contribution in [2.24, 2.45) is 4.99 Å². The van der Waals surface area contributed by atoms with Crippen LogP contribution < -0.4 is 4.74 Å². The smallest absolute Gasteiger partial charge is 0.235 e. The van der Waals surface area contributed by atoms with Crippen molar-refractivity contribution in [3.63, 3.8) is 0 Å². The van der Waals surface area contributed by atoms with Crippen molar-refractivity contribution in [1.82, 2.24) is 0 Å². The van der Waals surface area contributed by atoms with Gasteiger partial charge in [-0.3, -0.25) is 0 Å². The number of ether oxygens (including phenoxy) is 1. The van der Waals surface area contributed by atoms with Crippen LogP contribution in [0.2, 0.25) is 0 Å². The van der Waals surface area contributed by atoms with Crippen LogP contribution in [0.3, 0.4) is 0 Å². The van der Waals surface area contributed by atoms with Gasteiger partial charge in [-0.05, 0) is 30.9 Å². The summed E-state index contributed by atoms with van der Waals surface area (Å²) in [6, 6.07) is 3.22. The van der Waals surface area contributed by atoms with E-state index in [9.17, 15) is 9.18 Å². The van der Waals surface area contributed by atoms with E-state index >= 15 is 0 Å². The molecule has 0 spiro atoms. The fourth-order valence-corrected chi connectivity index (χ4v) is 2.60. The third kappa shape index (κ3) is 1.48. The highest BCUT2D eigenvalue weighted by Crippen LogP contribution is 2.47. The maximum atomic E-state index is 14.0. The third-order valence-electron chi connectivity index (χ3n) is 3.72. The van der Waals surface area contributed by atoms with Crippen molar-refractivity contribution in [2.75, 3.05) is 6.61 Å².